The molecule has 0 radical (unpaired) electrons. The van der Waals surface area contributed by atoms with Crippen LogP contribution in [0.3, 0.4) is 0 Å². The quantitative estimate of drug-likeness (QED) is 0.894. The molecule has 5 nitrogen and oxygen atoms in total. The second-order valence-corrected chi connectivity index (χ2v) is 6.12. The van der Waals surface area contributed by atoms with Gasteiger partial charge in [0.15, 0.2) is 0 Å². The van der Waals surface area contributed by atoms with Crippen LogP contribution in [0.5, 0.6) is 0 Å². The molecule has 1 fully saturated rings. The molecule has 108 valence electrons. The Morgan fingerprint density at radius 1 is 1.47 bits per heavy atom. The first-order chi connectivity index (χ1) is 8.84. The second-order valence-electron chi connectivity index (χ2n) is 6.12. The van der Waals surface area contributed by atoms with Crippen LogP contribution in [0.4, 0.5) is 5.82 Å². The first-order valence-electron chi connectivity index (χ1n) is 6.99. The monoisotopic (exact) mass is 266 g/mol. The molecule has 1 aromatic heterocycles. The topological polar surface area (TPSA) is 56.3 Å². The summed E-state index contributed by atoms with van der Waals surface area (Å²) in [6.07, 6.45) is 1.10. The van der Waals surface area contributed by atoms with Crippen LogP contribution >= 0.6 is 0 Å². The van der Waals surface area contributed by atoms with Crippen LogP contribution in [0.15, 0.2) is 0 Å². The second kappa shape index (κ2) is 5.13. The molecule has 0 aromatic carbocycles. The molecular formula is C14H26N4O. The number of aryl methyl sites for hydroxylation is 2. The predicted molar refractivity (Wildman–Crippen MR) is 77.5 cm³/mol. The summed E-state index contributed by atoms with van der Waals surface area (Å²) in [7, 11) is 2.01. The fourth-order valence-electron chi connectivity index (χ4n) is 3.14. The average molecular weight is 266 g/mol. The van der Waals surface area contributed by atoms with Gasteiger partial charge in [0.05, 0.1) is 17.4 Å². The van der Waals surface area contributed by atoms with Crippen molar-refractivity contribution in [2.75, 3.05) is 24.5 Å². The van der Waals surface area contributed by atoms with Crippen molar-refractivity contribution < 1.29 is 4.74 Å². The van der Waals surface area contributed by atoms with Crippen molar-refractivity contribution in [2.45, 2.75) is 45.8 Å². The molecule has 0 amide bonds. The van der Waals surface area contributed by atoms with Crippen LogP contribution < -0.4 is 10.6 Å². The molecule has 0 bridgehead atoms. The molecular weight excluding hydrogens is 240 g/mol. The minimum absolute atomic E-state index is 0.129. The number of aromatic nitrogens is 2. The van der Waals surface area contributed by atoms with Crippen LogP contribution in [-0.2, 0) is 18.2 Å². The lowest BCUT2D eigenvalue weighted by molar-refractivity contribution is -0.0753. The van der Waals surface area contributed by atoms with E-state index < -0.39 is 0 Å². The molecule has 19 heavy (non-hydrogen) atoms. The number of hydrogen-bond acceptors (Lipinski definition) is 4. The molecule has 2 N–H and O–H groups in total. The maximum absolute atomic E-state index is 5.98. The van der Waals surface area contributed by atoms with E-state index in [0.717, 1.165) is 25.2 Å². The summed E-state index contributed by atoms with van der Waals surface area (Å²) >= 11 is 0. The Kier molecular flexibility index (Phi) is 3.87. The van der Waals surface area contributed by atoms with Crippen LogP contribution in [0.1, 0.15) is 32.0 Å². The SMILES string of the molecule is Cc1nn(C)c(N2CC(C)OC(C)(C)C2)c1CCN. The molecule has 1 aliphatic rings. The zero-order valence-electron chi connectivity index (χ0n) is 12.7. The summed E-state index contributed by atoms with van der Waals surface area (Å²) in [6.45, 7) is 10.9. The minimum Gasteiger partial charge on any atom is -0.369 e. The standard InChI is InChI=1S/C14H26N4O/c1-10-8-18(9-14(3,4)19-10)13-12(6-7-15)11(2)16-17(13)5/h10H,6-9,15H2,1-5H3. The zero-order valence-corrected chi connectivity index (χ0v) is 12.7. The van der Waals surface area contributed by atoms with Gasteiger partial charge < -0.3 is 15.4 Å². The lowest BCUT2D eigenvalue weighted by Crippen LogP contribution is -2.52. The highest BCUT2D eigenvalue weighted by molar-refractivity contribution is 5.51. The highest BCUT2D eigenvalue weighted by atomic mass is 16.5. The van der Waals surface area contributed by atoms with Gasteiger partial charge in [0.25, 0.3) is 0 Å². The van der Waals surface area contributed by atoms with Crippen LogP contribution in [0, 0.1) is 6.92 Å². The van der Waals surface area contributed by atoms with E-state index in [-0.39, 0.29) is 11.7 Å². The third-order valence-corrected chi connectivity index (χ3v) is 3.58. The van der Waals surface area contributed by atoms with Gasteiger partial charge in [-0.2, -0.15) is 5.10 Å². The average Bonchev–Trinajstić information content (AvgIpc) is 2.51. The summed E-state index contributed by atoms with van der Waals surface area (Å²) in [4.78, 5) is 2.39. The lowest BCUT2D eigenvalue weighted by Gasteiger charge is -2.43. The van der Waals surface area contributed by atoms with E-state index in [9.17, 15) is 0 Å². The van der Waals surface area contributed by atoms with E-state index in [1.807, 2.05) is 11.7 Å². The maximum Gasteiger partial charge on any atom is 0.130 e. The molecule has 2 rings (SSSR count). The molecule has 1 aliphatic heterocycles. The smallest absolute Gasteiger partial charge is 0.130 e. The van der Waals surface area contributed by atoms with Gasteiger partial charge in [0.1, 0.15) is 5.82 Å². The van der Waals surface area contributed by atoms with E-state index >= 15 is 0 Å². The van der Waals surface area contributed by atoms with Crippen molar-refractivity contribution in [3.8, 4) is 0 Å². The van der Waals surface area contributed by atoms with E-state index in [0.29, 0.717) is 6.54 Å². The Morgan fingerprint density at radius 2 is 2.16 bits per heavy atom. The maximum atomic E-state index is 5.98. The third kappa shape index (κ3) is 2.92. The fraction of sp³-hybridized carbons (Fsp3) is 0.786. The molecule has 1 aromatic rings. The van der Waals surface area contributed by atoms with Crippen molar-refractivity contribution >= 4 is 5.82 Å². The molecule has 1 saturated heterocycles. The molecule has 1 atom stereocenters. The zero-order chi connectivity index (χ0) is 14.2. The van der Waals surface area contributed by atoms with E-state index in [1.54, 1.807) is 0 Å². The normalized spacial score (nSPS) is 22.8. The Morgan fingerprint density at radius 3 is 2.74 bits per heavy atom. The third-order valence-electron chi connectivity index (χ3n) is 3.58. The van der Waals surface area contributed by atoms with Crippen molar-refractivity contribution in [3.05, 3.63) is 11.3 Å². The van der Waals surface area contributed by atoms with Crippen molar-refractivity contribution in [1.29, 1.82) is 0 Å². The number of morpholine rings is 1. The van der Waals surface area contributed by atoms with E-state index in [2.05, 4.69) is 37.7 Å². The van der Waals surface area contributed by atoms with Gasteiger partial charge >= 0.3 is 0 Å². The minimum atomic E-state index is -0.129. The first-order valence-corrected chi connectivity index (χ1v) is 6.99. The number of nitrogens with zero attached hydrogens (tertiary/aromatic N) is 3. The van der Waals surface area contributed by atoms with Gasteiger partial charge in [-0.25, -0.2) is 0 Å². The predicted octanol–water partition coefficient (Wildman–Crippen LogP) is 1.23. The Balaban J connectivity index is 2.35. The largest absolute Gasteiger partial charge is 0.369 e. The summed E-state index contributed by atoms with van der Waals surface area (Å²) in [5.74, 6) is 1.20. The van der Waals surface area contributed by atoms with Gasteiger partial charge in [-0.1, -0.05) is 0 Å². The summed E-state index contributed by atoms with van der Waals surface area (Å²) in [6, 6.07) is 0. The number of nitrogens with two attached hydrogens (primary N) is 1. The first kappa shape index (κ1) is 14.3. The van der Waals surface area contributed by atoms with Gasteiger partial charge in [-0.15, -0.1) is 0 Å². The van der Waals surface area contributed by atoms with Gasteiger partial charge in [0.2, 0.25) is 0 Å². The van der Waals surface area contributed by atoms with Crippen LogP contribution in [0.25, 0.3) is 0 Å². The molecule has 0 saturated carbocycles. The highest BCUT2D eigenvalue weighted by Gasteiger charge is 2.33. The van der Waals surface area contributed by atoms with Gasteiger partial charge in [-0.05, 0) is 40.7 Å². The number of rotatable bonds is 3. The highest BCUT2D eigenvalue weighted by Crippen LogP contribution is 2.29. The number of ether oxygens (including phenoxy) is 1. The summed E-state index contributed by atoms with van der Waals surface area (Å²) in [5, 5.41) is 4.56. The van der Waals surface area contributed by atoms with Crippen LogP contribution in [0.2, 0.25) is 0 Å². The molecule has 1 unspecified atom stereocenters. The molecule has 2 heterocycles. The number of hydrogen-bond donors (Lipinski definition) is 1. The Labute approximate surface area is 115 Å². The van der Waals surface area contributed by atoms with Crippen molar-refractivity contribution in [2.24, 2.45) is 12.8 Å². The Bertz CT molecular complexity index is 453. The Hall–Kier alpha value is -1.07. The van der Waals surface area contributed by atoms with Gasteiger partial charge in [-0.3, -0.25) is 4.68 Å². The number of anilines is 1. The lowest BCUT2D eigenvalue weighted by atomic mass is 10.0. The summed E-state index contributed by atoms with van der Waals surface area (Å²) in [5.41, 5.74) is 7.96. The fourth-order valence-corrected chi connectivity index (χ4v) is 3.14. The van der Waals surface area contributed by atoms with Crippen molar-refractivity contribution in [1.82, 2.24) is 9.78 Å². The molecule has 5 heteroatoms. The van der Waals surface area contributed by atoms with E-state index in [4.69, 9.17) is 10.5 Å². The molecule has 0 spiro atoms. The molecule has 0 aliphatic carbocycles. The van der Waals surface area contributed by atoms with Crippen molar-refractivity contribution in [3.63, 3.8) is 0 Å². The van der Waals surface area contributed by atoms with Gasteiger partial charge in [0, 0.05) is 25.7 Å². The van der Waals surface area contributed by atoms with E-state index in [1.165, 1.54) is 11.4 Å². The summed E-state index contributed by atoms with van der Waals surface area (Å²) < 4.78 is 7.96. The van der Waals surface area contributed by atoms with Crippen LogP contribution in [-0.4, -0.2) is 41.1 Å².